The van der Waals surface area contributed by atoms with Crippen LogP contribution < -0.4 is 15.4 Å². The SMILES string of the molecule is COCCCN(CCNCCc1ccc(O)c2c1OCC(=O)N2)C(=O)CCOCCc1cccc(CN2CCC3(CC2)CN(C(=O)c2csc(C(C)C)n2)CCO3)c1Cl.O=C(O)C(F)(F)F.O=C(O)C(F)(F)F. The second kappa shape index (κ2) is 28.4. The summed E-state index contributed by atoms with van der Waals surface area (Å²) in [4.78, 5) is 66.8. The molecule has 6 rings (SSSR count). The maximum atomic E-state index is 13.3. The van der Waals surface area contributed by atoms with Gasteiger partial charge in [0.05, 0.1) is 43.4 Å². The first kappa shape index (κ1) is 60.2. The van der Waals surface area contributed by atoms with Crippen LogP contribution in [0.5, 0.6) is 11.5 Å². The molecule has 0 bridgehead atoms. The summed E-state index contributed by atoms with van der Waals surface area (Å²) >= 11 is 8.50. The molecule has 4 heterocycles. The van der Waals surface area contributed by atoms with Crippen LogP contribution in [0.15, 0.2) is 35.7 Å². The zero-order valence-electron chi connectivity index (χ0n) is 40.5. The first-order chi connectivity index (χ1) is 34.4. The Morgan fingerprint density at radius 3 is 2.25 bits per heavy atom. The third kappa shape index (κ3) is 19.2. The molecule has 0 atom stereocenters. The standard InChI is InChI=1S/C43H59ClN6O8S.2C2HF3O2/c1-30(2)41-46-34(28-59-41)42(54)50-21-25-58-43(29-50)13-18-48(19-14-43)26-33-7-4-6-31(38(33)44)11-23-56-24-12-37(53)49(17-5-22-55-3)20-16-45-15-10-32-8-9-35(51)39-40(32)57-27-36(52)47-39;2*3-2(4,5)1(6)7/h4,6-9,28,30,45,51H,5,10-27,29H2,1-3H3,(H,47,52);2*(H,6,7). The van der Waals surface area contributed by atoms with E-state index in [2.05, 4.69) is 40.4 Å². The Labute approximate surface area is 426 Å². The van der Waals surface area contributed by atoms with E-state index in [1.54, 1.807) is 30.6 Å². The Morgan fingerprint density at radius 2 is 1.62 bits per heavy atom. The molecular formula is C47H61ClF6N6O12S. The molecule has 3 aliphatic rings. The van der Waals surface area contributed by atoms with Crippen LogP contribution in [-0.2, 0) is 52.8 Å². The average molecular weight is 1080 g/mol. The first-order valence-corrected chi connectivity index (χ1v) is 24.5. The van der Waals surface area contributed by atoms with Gasteiger partial charge in [0.15, 0.2) is 12.4 Å². The number of carboxylic acid groups (broad SMARTS) is 2. The number of benzene rings is 2. The molecule has 3 aromatic rings. The molecule has 0 unspecified atom stereocenters. The van der Waals surface area contributed by atoms with Crippen molar-refractivity contribution in [2.24, 2.45) is 0 Å². The van der Waals surface area contributed by atoms with Gasteiger partial charge in [-0.2, -0.15) is 26.3 Å². The molecule has 0 aliphatic carbocycles. The van der Waals surface area contributed by atoms with Crippen molar-refractivity contribution in [3.8, 4) is 11.5 Å². The number of ether oxygens (including phenoxy) is 4. The minimum atomic E-state index is -5.08. The lowest BCUT2D eigenvalue weighted by atomic mass is 9.89. The van der Waals surface area contributed by atoms with Crippen molar-refractivity contribution in [2.75, 3.05) is 97.8 Å². The number of anilines is 1. The number of alkyl halides is 6. The van der Waals surface area contributed by atoms with Crippen molar-refractivity contribution in [3.63, 3.8) is 0 Å². The largest absolute Gasteiger partial charge is 0.506 e. The number of hydrogen-bond donors (Lipinski definition) is 5. The molecule has 26 heteroatoms. The fraction of sp³-hybridized carbons (Fsp3) is 0.574. The number of carbonyl (C=O) groups is 5. The van der Waals surface area contributed by atoms with Crippen LogP contribution in [0.1, 0.15) is 77.6 Å². The van der Waals surface area contributed by atoms with Gasteiger partial charge >= 0.3 is 24.3 Å². The van der Waals surface area contributed by atoms with Crippen LogP contribution in [0.3, 0.4) is 0 Å². The number of phenols is 1. The van der Waals surface area contributed by atoms with Crippen molar-refractivity contribution in [3.05, 3.63) is 68.1 Å². The molecule has 73 heavy (non-hydrogen) atoms. The second-order valence-corrected chi connectivity index (χ2v) is 18.6. The quantitative estimate of drug-likeness (QED) is 0.0470. The van der Waals surface area contributed by atoms with E-state index in [-0.39, 0.29) is 42.1 Å². The first-order valence-electron chi connectivity index (χ1n) is 23.2. The molecule has 1 spiro atoms. The van der Waals surface area contributed by atoms with Crippen LogP contribution in [0.25, 0.3) is 0 Å². The van der Waals surface area contributed by atoms with E-state index in [1.165, 1.54) is 0 Å². The van der Waals surface area contributed by atoms with Crippen molar-refractivity contribution in [1.29, 1.82) is 0 Å². The molecule has 3 aliphatic heterocycles. The number of nitrogens with zero attached hydrogens (tertiary/aromatic N) is 4. The van der Waals surface area contributed by atoms with Crippen molar-refractivity contribution < 1.29 is 84.6 Å². The number of phenolic OH excluding ortho intramolecular Hbond substituents is 1. The Morgan fingerprint density at radius 1 is 0.945 bits per heavy atom. The number of amides is 3. The monoisotopic (exact) mass is 1080 g/mol. The summed E-state index contributed by atoms with van der Waals surface area (Å²) in [5.74, 6) is -5.02. The number of halogens is 7. The number of aromatic nitrogens is 1. The summed E-state index contributed by atoms with van der Waals surface area (Å²) in [5, 5.41) is 34.1. The van der Waals surface area contributed by atoms with Gasteiger partial charge < -0.3 is 54.7 Å². The molecule has 0 radical (unpaired) electrons. The van der Waals surface area contributed by atoms with Gasteiger partial charge in [0.1, 0.15) is 17.1 Å². The minimum absolute atomic E-state index is 0.00418. The Kier molecular flexibility index (Phi) is 23.4. The summed E-state index contributed by atoms with van der Waals surface area (Å²) < 4.78 is 86.6. The van der Waals surface area contributed by atoms with Gasteiger partial charge in [-0.25, -0.2) is 14.6 Å². The van der Waals surface area contributed by atoms with Crippen LogP contribution in [-0.4, -0.2) is 175 Å². The van der Waals surface area contributed by atoms with Gasteiger partial charge in [-0.05, 0) is 61.4 Å². The van der Waals surface area contributed by atoms with Crippen LogP contribution in [0, 0.1) is 0 Å². The highest BCUT2D eigenvalue weighted by atomic mass is 35.5. The molecule has 0 saturated carbocycles. The highest BCUT2D eigenvalue weighted by molar-refractivity contribution is 7.09. The van der Waals surface area contributed by atoms with Gasteiger partial charge in [0.2, 0.25) is 5.91 Å². The summed E-state index contributed by atoms with van der Waals surface area (Å²) in [6.07, 6.45) is -6.20. The fourth-order valence-electron chi connectivity index (χ4n) is 7.78. The van der Waals surface area contributed by atoms with E-state index >= 15 is 0 Å². The van der Waals surface area contributed by atoms with E-state index < -0.39 is 24.3 Å². The number of carbonyl (C=O) groups excluding carboxylic acids is 3. The van der Waals surface area contributed by atoms with E-state index in [1.807, 2.05) is 27.3 Å². The van der Waals surface area contributed by atoms with E-state index in [0.29, 0.717) is 102 Å². The summed E-state index contributed by atoms with van der Waals surface area (Å²) in [6, 6.07) is 9.50. The molecular weight excluding hydrogens is 1020 g/mol. The average Bonchev–Trinajstić information content (AvgIpc) is 3.84. The smallest absolute Gasteiger partial charge is 0.490 e. The number of methoxy groups -OCH3 is 1. The molecule has 2 aromatic carbocycles. The summed E-state index contributed by atoms with van der Waals surface area (Å²) in [7, 11) is 1.65. The van der Waals surface area contributed by atoms with Crippen molar-refractivity contribution in [1.82, 2.24) is 25.0 Å². The maximum absolute atomic E-state index is 13.3. The van der Waals surface area contributed by atoms with Crippen LogP contribution >= 0.6 is 22.9 Å². The summed E-state index contributed by atoms with van der Waals surface area (Å²) in [6.45, 7) is 11.9. The number of morpholine rings is 1. The Hall–Kier alpha value is -5.31. The third-order valence-corrected chi connectivity index (χ3v) is 13.3. The van der Waals surface area contributed by atoms with Crippen molar-refractivity contribution >= 4 is 58.3 Å². The highest BCUT2D eigenvalue weighted by Crippen LogP contribution is 2.39. The topological polar surface area (TPSA) is 230 Å². The maximum Gasteiger partial charge on any atom is 0.490 e. The zero-order valence-corrected chi connectivity index (χ0v) is 42.1. The second-order valence-electron chi connectivity index (χ2n) is 17.4. The Bertz CT molecular complexity index is 2290. The van der Waals surface area contributed by atoms with Gasteiger partial charge in [-0.1, -0.05) is 49.7 Å². The number of aromatic hydroxyl groups is 1. The number of likely N-dealkylation sites (tertiary alicyclic amines) is 1. The molecule has 2 fully saturated rings. The molecule has 406 valence electrons. The third-order valence-electron chi connectivity index (χ3n) is 11.6. The van der Waals surface area contributed by atoms with Gasteiger partial charge in [-0.15, -0.1) is 11.3 Å². The molecule has 18 nitrogen and oxygen atoms in total. The lowest BCUT2D eigenvalue weighted by molar-refractivity contribution is -0.193. The van der Waals surface area contributed by atoms with Gasteiger partial charge in [-0.3, -0.25) is 19.3 Å². The lowest BCUT2D eigenvalue weighted by Gasteiger charge is -2.47. The number of piperidine rings is 1. The Balaban J connectivity index is 0.000000722. The molecule has 2 saturated heterocycles. The predicted molar refractivity (Wildman–Crippen MR) is 255 cm³/mol. The minimum Gasteiger partial charge on any atom is -0.506 e. The number of carboxylic acids is 2. The molecule has 1 aromatic heterocycles. The number of aliphatic carboxylic acids is 2. The number of fused-ring (bicyclic) bond motifs is 1. The normalized spacial score (nSPS) is 15.5. The zero-order chi connectivity index (χ0) is 53.9. The van der Waals surface area contributed by atoms with Gasteiger partial charge in [0.25, 0.3) is 11.8 Å². The lowest BCUT2D eigenvalue weighted by Crippen LogP contribution is -2.58. The van der Waals surface area contributed by atoms with Gasteiger partial charge in [0, 0.05) is 75.9 Å². The number of hydrogen-bond acceptors (Lipinski definition) is 14. The van der Waals surface area contributed by atoms with E-state index in [0.717, 1.165) is 65.6 Å². The predicted octanol–water partition coefficient (Wildman–Crippen LogP) is 6.38. The molecule has 5 N–H and O–H groups in total. The van der Waals surface area contributed by atoms with E-state index in [4.69, 9.17) is 50.4 Å². The number of rotatable bonds is 20. The molecule has 3 amide bonds. The number of nitrogens with one attached hydrogen (secondary N) is 2. The highest BCUT2D eigenvalue weighted by Gasteiger charge is 2.42. The van der Waals surface area contributed by atoms with Crippen molar-refractivity contribution in [2.45, 2.75) is 82.8 Å². The fourth-order valence-corrected chi connectivity index (χ4v) is 8.87. The van der Waals surface area contributed by atoms with E-state index in [9.17, 15) is 45.8 Å². The summed E-state index contributed by atoms with van der Waals surface area (Å²) in [5.41, 5.74) is 3.49. The number of thiazole rings is 1. The van der Waals surface area contributed by atoms with Crippen LogP contribution in [0.2, 0.25) is 5.02 Å². The van der Waals surface area contributed by atoms with Crippen LogP contribution in [0.4, 0.5) is 32.0 Å².